The van der Waals surface area contributed by atoms with Gasteiger partial charge in [-0.1, -0.05) is 48.0 Å². The molecule has 1 aliphatic heterocycles. The van der Waals surface area contributed by atoms with Gasteiger partial charge in [-0.3, -0.25) is 0 Å². The van der Waals surface area contributed by atoms with Gasteiger partial charge in [0, 0.05) is 4.47 Å². The van der Waals surface area contributed by atoms with Crippen molar-refractivity contribution in [3.05, 3.63) is 34.3 Å². The third kappa shape index (κ3) is 2.46. The third-order valence-electron chi connectivity index (χ3n) is 3.53. The van der Waals surface area contributed by atoms with Gasteiger partial charge in [0.05, 0.1) is 11.5 Å². The van der Waals surface area contributed by atoms with E-state index in [1.54, 1.807) is 0 Å². The van der Waals surface area contributed by atoms with Gasteiger partial charge in [0.25, 0.3) is 0 Å². The fourth-order valence-corrected chi connectivity index (χ4v) is 2.94. The highest BCUT2D eigenvalue weighted by molar-refractivity contribution is 9.10. The molecule has 1 aromatic carbocycles. The molecule has 0 fully saturated rings. The number of aliphatic imine (C=N–C) groups is 1. The second-order valence-corrected chi connectivity index (χ2v) is 6.52. The molecule has 1 aromatic rings. The van der Waals surface area contributed by atoms with Crippen molar-refractivity contribution >= 4 is 21.8 Å². The minimum atomic E-state index is -0.191. The maximum absolute atomic E-state index is 5.83. The van der Waals surface area contributed by atoms with Crippen LogP contribution in [0.25, 0.3) is 0 Å². The van der Waals surface area contributed by atoms with Crippen LogP contribution in [0, 0.1) is 5.92 Å². The van der Waals surface area contributed by atoms with Crippen molar-refractivity contribution in [3.8, 4) is 0 Å². The van der Waals surface area contributed by atoms with E-state index in [0.29, 0.717) is 18.6 Å². The van der Waals surface area contributed by atoms with Gasteiger partial charge in [-0.15, -0.1) is 0 Å². The summed E-state index contributed by atoms with van der Waals surface area (Å²) in [7, 11) is 0. The van der Waals surface area contributed by atoms with E-state index < -0.39 is 0 Å². The molecule has 0 spiro atoms. The highest BCUT2D eigenvalue weighted by Gasteiger charge is 2.35. The second-order valence-electron chi connectivity index (χ2n) is 5.66. The minimum absolute atomic E-state index is 0.191. The first-order valence-electron chi connectivity index (χ1n) is 6.39. The zero-order valence-corrected chi connectivity index (χ0v) is 13.0. The summed E-state index contributed by atoms with van der Waals surface area (Å²) < 4.78 is 6.94. The maximum atomic E-state index is 5.83. The molecular weight excluding hydrogens is 290 g/mol. The average Bonchev–Trinajstić information content (AvgIpc) is 2.79. The molecule has 0 amide bonds. The number of nitrogens with zero attached hydrogens (tertiary/aromatic N) is 1. The first-order chi connectivity index (χ1) is 8.43. The molecule has 0 aromatic heterocycles. The Morgan fingerprint density at radius 1 is 1.33 bits per heavy atom. The van der Waals surface area contributed by atoms with E-state index >= 15 is 0 Å². The summed E-state index contributed by atoms with van der Waals surface area (Å²) in [6.45, 7) is 9.40. The molecule has 1 atom stereocenters. The van der Waals surface area contributed by atoms with Crippen molar-refractivity contribution in [1.82, 2.24) is 0 Å². The summed E-state index contributed by atoms with van der Waals surface area (Å²) in [5.74, 6) is 1.38. The van der Waals surface area contributed by atoms with E-state index in [1.165, 1.54) is 5.56 Å². The fourth-order valence-electron chi connectivity index (χ4n) is 2.16. The standard InChI is InChI=1S/C15H20BrNO/c1-10(2)13-9-18-14(17-13)15(3,4)11-7-5-6-8-12(11)16/h5-8,10,13H,9H2,1-4H3/t13-/m1/s1. The molecule has 2 nitrogen and oxygen atoms in total. The molecule has 0 saturated carbocycles. The Labute approximate surface area is 118 Å². The summed E-state index contributed by atoms with van der Waals surface area (Å²) in [6, 6.07) is 8.56. The van der Waals surface area contributed by atoms with Crippen LogP contribution in [0.15, 0.2) is 33.7 Å². The smallest absolute Gasteiger partial charge is 0.194 e. The summed E-state index contributed by atoms with van der Waals surface area (Å²) in [5, 5.41) is 0. The molecule has 0 saturated heterocycles. The molecule has 98 valence electrons. The SMILES string of the molecule is CC(C)[C@H]1COC(C(C)(C)c2ccccc2Br)=N1. The Bertz CT molecular complexity index is 465. The van der Waals surface area contributed by atoms with Crippen molar-refractivity contribution in [2.45, 2.75) is 39.2 Å². The molecular formula is C15H20BrNO. The van der Waals surface area contributed by atoms with Gasteiger partial charge in [-0.25, -0.2) is 4.99 Å². The fraction of sp³-hybridized carbons (Fsp3) is 0.533. The normalized spacial score (nSPS) is 19.9. The zero-order chi connectivity index (χ0) is 13.3. The molecule has 18 heavy (non-hydrogen) atoms. The summed E-state index contributed by atoms with van der Waals surface area (Å²) in [5.41, 5.74) is 1.03. The monoisotopic (exact) mass is 309 g/mol. The van der Waals surface area contributed by atoms with Crippen LogP contribution in [-0.4, -0.2) is 18.5 Å². The van der Waals surface area contributed by atoms with E-state index in [9.17, 15) is 0 Å². The van der Waals surface area contributed by atoms with Gasteiger partial charge in [0.1, 0.15) is 6.61 Å². The third-order valence-corrected chi connectivity index (χ3v) is 4.22. The van der Waals surface area contributed by atoms with Crippen LogP contribution in [-0.2, 0) is 10.2 Å². The van der Waals surface area contributed by atoms with Gasteiger partial charge in [-0.05, 0) is 31.4 Å². The number of hydrogen-bond acceptors (Lipinski definition) is 2. The van der Waals surface area contributed by atoms with Gasteiger partial charge >= 0.3 is 0 Å². The highest BCUT2D eigenvalue weighted by Crippen LogP contribution is 2.34. The molecule has 2 rings (SSSR count). The number of hydrogen-bond donors (Lipinski definition) is 0. The molecule has 0 N–H and O–H groups in total. The lowest BCUT2D eigenvalue weighted by Crippen LogP contribution is -2.29. The second kappa shape index (κ2) is 5.04. The quantitative estimate of drug-likeness (QED) is 0.821. The number of benzene rings is 1. The van der Waals surface area contributed by atoms with Crippen LogP contribution >= 0.6 is 15.9 Å². The molecule has 0 bridgehead atoms. The predicted octanol–water partition coefficient (Wildman–Crippen LogP) is 4.18. The van der Waals surface area contributed by atoms with Crippen molar-refractivity contribution in [2.75, 3.05) is 6.61 Å². The number of ether oxygens (including phenoxy) is 1. The lowest BCUT2D eigenvalue weighted by molar-refractivity contribution is 0.274. The first-order valence-corrected chi connectivity index (χ1v) is 7.18. The Balaban J connectivity index is 2.33. The van der Waals surface area contributed by atoms with Gasteiger partial charge in [0.15, 0.2) is 5.90 Å². The summed E-state index contributed by atoms with van der Waals surface area (Å²) in [4.78, 5) is 4.75. The van der Waals surface area contributed by atoms with Crippen LogP contribution in [0.2, 0.25) is 0 Å². The highest BCUT2D eigenvalue weighted by atomic mass is 79.9. The van der Waals surface area contributed by atoms with Crippen molar-refractivity contribution in [1.29, 1.82) is 0 Å². The van der Waals surface area contributed by atoms with Crippen molar-refractivity contribution in [3.63, 3.8) is 0 Å². The van der Waals surface area contributed by atoms with E-state index in [0.717, 1.165) is 10.4 Å². The van der Waals surface area contributed by atoms with E-state index in [1.807, 2.05) is 6.07 Å². The van der Waals surface area contributed by atoms with Crippen LogP contribution in [0.3, 0.4) is 0 Å². The van der Waals surface area contributed by atoms with Gasteiger partial charge in [0.2, 0.25) is 0 Å². The van der Waals surface area contributed by atoms with Crippen LogP contribution in [0.1, 0.15) is 33.3 Å². The summed E-state index contributed by atoms with van der Waals surface area (Å²) in [6.07, 6.45) is 0. The van der Waals surface area contributed by atoms with E-state index in [-0.39, 0.29) is 5.41 Å². The average molecular weight is 310 g/mol. The largest absolute Gasteiger partial charge is 0.478 e. The Kier molecular flexibility index (Phi) is 3.81. The molecule has 1 aliphatic rings. The van der Waals surface area contributed by atoms with Crippen LogP contribution in [0.5, 0.6) is 0 Å². The maximum Gasteiger partial charge on any atom is 0.194 e. The van der Waals surface area contributed by atoms with Gasteiger partial charge in [-0.2, -0.15) is 0 Å². The molecule has 1 heterocycles. The topological polar surface area (TPSA) is 21.6 Å². The Morgan fingerprint density at radius 2 is 2.00 bits per heavy atom. The molecule has 0 unspecified atom stereocenters. The number of rotatable bonds is 3. The van der Waals surface area contributed by atoms with Crippen LogP contribution in [0.4, 0.5) is 0 Å². The first kappa shape index (κ1) is 13.6. The van der Waals surface area contributed by atoms with Crippen molar-refractivity contribution < 1.29 is 4.74 Å². The lowest BCUT2D eigenvalue weighted by Gasteiger charge is -2.25. The van der Waals surface area contributed by atoms with E-state index in [4.69, 9.17) is 9.73 Å². The summed E-state index contributed by atoms with van der Waals surface area (Å²) >= 11 is 3.61. The molecule has 0 radical (unpaired) electrons. The zero-order valence-electron chi connectivity index (χ0n) is 11.4. The predicted molar refractivity (Wildman–Crippen MR) is 79.2 cm³/mol. The molecule has 0 aliphatic carbocycles. The van der Waals surface area contributed by atoms with Gasteiger partial charge < -0.3 is 4.74 Å². The van der Waals surface area contributed by atoms with Crippen molar-refractivity contribution in [2.24, 2.45) is 10.9 Å². The molecule has 3 heteroatoms. The van der Waals surface area contributed by atoms with E-state index in [2.05, 4.69) is 61.8 Å². The Morgan fingerprint density at radius 3 is 2.56 bits per heavy atom. The lowest BCUT2D eigenvalue weighted by atomic mass is 9.84. The van der Waals surface area contributed by atoms with Crippen LogP contribution < -0.4 is 0 Å². The minimum Gasteiger partial charge on any atom is -0.478 e. The Hall–Kier alpha value is -0.830. The number of halogens is 1.